The standard InChI is InChI=1S/C38H56N6O2/c1-8-42(9-2)33-24-34(40-36(39-33)43(10-3)11-4)44-20-18-41(19-21-44)25-32(46)35-26(5)22-31-29-13-12-27-23-28(45)14-16-37(27,6)30(29)15-17-38(31,35)7/h14-16,23-24,26,29,31,35H,8-13,17-22,25H2,1-7H3/t26-,29-,31+,35-,37+,38+/m1/s1. The van der Waals surface area contributed by atoms with Gasteiger partial charge in [0, 0.05) is 69.8 Å². The van der Waals surface area contributed by atoms with Crippen molar-refractivity contribution in [2.24, 2.45) is 34.5 Å². The molecule has 1 aromatic rings. The van der Waals surface area contributed by atoms with Gasteiger partial charge in [0.15, 0.2) is 11.6 Å². The van der Waals surface area contributed by atoms with E-state index in [4.69, 9.17) is 9.97 Å². The van der Waals surface area contributed by atoms with Crippen molar-refractivity contribution in [3.63, 3.8) is 0 Å². The van der Waals surface area contributed by atoms with Gasteiger partial charge >= 0.3 is 0 Å². The van der Waals surface area contributed by atoms with Gasteiger partial charge in [0.1, 0.15) is 11.6 Å². The highest BCUT2D eigenvalue weighted by Crippen LogP contribution is 2.65. The van der Waals surface area contributed by atoms with Crippen molar-refractivity contribution in [2.75, 3.05) is 73.6 Å². The summed E-state index contributed by atoms with van der Waals surface area (Å²) in [5, 5.41) is 0. The lowest BCUT2D eigenvalue weighted by Crippen LogP contribution is -2.51. The van der Waals surface area contributed by atoms with Crippen molar-refractivity contribution >= 4 is 29.2 Å². The molecule has 5 aliphatic rings. The average Bonchev–Trinajstić information content (AvgIpc) is 3.32. The van der Waals surface area contributed by atoms with Crippen LogP contribution in [0, 0.1) is 34.5 Å². The molecule has 46 heavy (non-hydrogen) atoms. The maximum atomic E-state index is 14.2. The molecule has 0 N–H and O–H groups in total. The minimum Gasteiger partial charge on any atom is -0.357 e. The maximum absolute atomic E-state index is 14.2. The highest BCUT2D eigenvalue weighted by atomic mass is 16.1. The van der Waals surface area contributed by atoms with E-state index in [1.54, 1.807) is 6.08 Å². The molecule has 2 saturated carbocycles. The van der Waals surface area contributed by atoms with E-state index in [1.165, 1.54) is 11.1 Å². The lowest BCUT2D eigenvalue weighted by Gasteiger charge is -2.52. The summed E-state index contributed by atoms with van der Waals surface area (Å²) >= 11 is 0. The molecule has 0 amide bonds. The van der Waals surface area contributed by atoms with Crippen molar-refractivity contribution < 1.29 is 9.59 Å². The van der Waals surface area contributed by atoms with Crippen LogP contribution in [0.25, 0.3) is 0 Å². The van der Waals surface area contributed by atoms with Gasteiger partial charge in [0.2, 0.25) is 5.95 Å². The highest BCUT2D eigenvalue weighted by molar-refractivity contribution is 6.01. The third-order valence-electron chi connectivity index (χ3n) is 12.5. The monoisotopic (exact) mass is 628 g/mol. The fraction of sp³-hybridized carbons (Fsp3) is 0.684. The van der Waals surface area contributed by atoms with Crippen molar-refractivity contribution in [3.05, 3.63) is 41.5 Å². The third kappa shape index (κ3) is 5.62. The normalized spacial score (nSPS) is 32.3. The second-order valence-corrected chi connectivity index (χ2v) is 14.9. The Labute approximate surface area is 277 Å². The van der Waals surface area contributed by atoms with Crippen molar-refractivity contribution in [3.8, 4) is 0 Å². The zero-order valence-electron chi connectivity index (χ0n) is 29.4. The first-order valence-electron chi connectivity index (χ1n) is 18.1. The summed E-state index contributed by atoms with van der Waals surface area (Å²) in [7, 11) is 0. The molecule has 6 atom stereocenters. The van der Waals surface area contributed by atoms with Gasteiger partial charge in [0.05, 0.1) is 6.54 Å². The van der Waals surface area contributed by atoms with Gasteiger partial charge in [-0.1, -0.05) is 37.1 Å². The van der Waals surface area contributed by atoms with E-state index in [9.17, 15) is 9.59 Å². The van der Waals surface area contributed by atoms with Crippen LogP contribution < -0.4 is 14.7 Å². The number of hydrogen-bond donors (Lipinski definition) is 0. The van der Waals surface area contributed by atoms with Crippen LogP contribution in [0.1, 0.15) is 74.1 Å². The van der Waals surface area contributed by atoms with E-state index in [0.717, 1.165) is 95.6 Å². The molecule has 0 aromatic carbocycles. The number of piperazine rings is 1. The average molecular weight is 629 g/mol. The maximum Gasteiger partial charge on any atom is 0.229 e. The quantitative estimate of drug-likeness (QED) is 0.295. The number of anilines is 3. The Hall–Kier alpha value is -3.00. The van der Waals surface area contributed by atoms with Gasteiger partial charge in [-0.25, -0.2) is 0 Å². The summed E-state index contributed by atoms with van der Waals surface area (Å²) in [6, 6.07) is 2.15. The number of Topliss-reactive ketones (excluding diaryl/α,β-unsaturated/α-hetero) is 1. The number of allylic oxidation sites excluding steroid dienone is 6. The molecule has 4 aliphatic carbocycles. The van der Waals surface area contributed by atoms with E-state index < -0.39 is 0 Å². The molecular weight excluding hydrogens is 572 g/mol. The fourth-order valence-corrected chi connectivity index (χ4v) is 9.96. The van der Waals surface area contributed by atoms with Gasteiger partial charge < -0.3 is 14.7 Å². The zero-order valence-corrected chi connectivity index (χ0v) is 29.4. The molecule has 0 spiro atoms. The predicted octanol–water partition coefficient (Wildman–Crippen LogP) is 5.95. The molecule has 8 nitrogen and oxygen atoms in total. The van der Waals surface area contributed by atoms with Crippen LogP contribution in [0.2, 0.25) is 0 Å². The minimum atomic E-state index is -0.134. The van der Waals surface area contributed by atoms with E-state index in [-0.39, 0.29) is 22.5 Å². The first-order chi connectivity index (χ1) is 22.1. The van der Waals surface area contributed by atoms with Crippen LogP contribution >= 0.6 is 0 Å². The number of carbonyl (C=O) groups excluding carboxylic acids is 2. The van der Waals surface area contributed by atoms with Gasteiger partial charge in [-0.3, -0.25) is 14.5 Å². The molecule has 6 rings (SSSR count). The second kappa shape index (κ2) is 12.9. The number of carbonyl (C=O) groups is 2. The summed E-state index contributed by atoms with van der Waals surface area (Å²) in [5.74, 6) is 4.85. The number of nitrogens with zero attached hydrogens (tertiary/aromatic N) is 6. The Kier molecular flexibility index (Phi) is 9.23. The zero-order chi connectivity index (χ0) is 32.8. The lowest BCUT2D eigenvalue weighted by atomic mass is 9.52. The summed E-state index contributed by atoms with van der Waals surface area (Å²) in [6.07, 6.45) is 12.4. The largest absolute Gasteiger partial charge is 0.357 e. The molecule has 1 aliphatic heterocycles. The second-order valence-electron chi connectivity index (χ2n) is 14.9. The Bertz CT molecular complexity index is 1390. The topological polar surface area (TPSA) is 72.9 Å². The first kappa shape index (κ1) is 32.9. The summed E-state index contributed by atoms with van der Waals surface area (Å²) in [6.45, 7) is 23.3. The van der Waals surface area contributed by atoms with Crippen molar-refractivity contribution in [1.29, 1.82) is 0 Å². The Morgan fingerprint density at radius 3 is 2.37 bits per heavy atom. The molecule has 1 aromatic heterocycles. The summed E-state index contributed by atoms with van der Waals surface area (Å²) in [5.41, 5.74) is 2.65. The highest BCUT2D eigenvalue weighted by Gasteiger charge is 2.59. The van der Waals surface area contributed by atoms with Crippen LogP contribution in [0.3, 0.4) is 0 Å². The number of aromatic nitrogens is 2. The van der Waals surface area contributed by atoms with Crippen molar-refractivity contribution in [2.45, 2.75) is 74.1 Å². The smallest absolute Gasteiger partial charge is 0.229 e. The molecule has 2 heterocycles. The van der Waals surface area contributed by atoms with Gasteiger partial charge in [-0.2, -0.15) is 9.97 Å². The first-order valence-corrected chi connectivity index (χ1v) is 18.1. The third-order valence-corrected chi connectivity index (χ3v) is 12.5. The fourth-order valence-electron chi connectivity index (χ4n) is 9.96. The summed E-state index contributed by atoms with van der Waals surface area (Å²) in [4.78, 5) is 45.6. The number of hydrogen-bond acceptors (Lipinski definition) is 8. The van der Waals surface area contributed by atoms with Crippen LogP contribution in [-0.2, 0) is 9.59 Å². The number of rotatable bonds is 10. The van der Waals surface area contributed by atoms with E-state index in [0.29, 0.717) is 30.1 Å². The molecule has 1 saturated heterocycles. The minimum absolute atomic E-state index is 0.000879. The van der Waals surface area contributed by atoms with E-state index >= 15 is 0 Å². The van der Waals surface area contributed by atoms with Gasteiger partial charge in [-0.05, 0) is 95.6 Å². The molecular formula is C38H56N6O2. The van der Waals surface area contributed by atoms with E-state index in [1.807, 2.05) is 6.08 Å². The number of ketones is 2. The van der Waals surface area contributed by atoms with Crippen molar-refractivity contribution in [1.82, 2.24) is 14.9 Å². The lowest BCUT2D eigenvalue weighted by molar-refractivity contribution is -0.129. The Morgan fingerprint density at radius 2 is 1.70 bits per heavy atom. The van der Waals surface area contributed by atoms with E-state index in [2.05, 4.69) is 86.3 Å². The van der Waals surface area contributed by atoms with Crippen LogP contribution in [0.5, 0.6) is 0 Å². The number of fused-ring (bicyclic) bond motifs is 5. The molecule has 0 unspecified atom stereocenters. The van der Waals surface area contributed by atoms with Crippen LogP contribution in [-0.4, -0.2) is 85.3 Å². The Morgan fingerprint density at radius 1 is 1.00 bits per heavy atom. The van der Waals surface area contributed by atoms with Crippen LogP contribution in [0.4, 0.5) is 17.6 Å². The predicted molar refractivity (Wildman–Crippen MR) is 187 cm³/mol. The van der Waals surface area contributed by atoms with Gasteiger partial charge in [0.25, 0.3) is 0 Å². The Balaban J connectivity index is 1.14. The molecule has 0 bridgehead atoms. The summed E-state index contributed by atoms with van der Waals surface area (Å²) < 4.78 is 0. The SMILES string of the molecule is CCN(CC)c1cc(N2CCN(CC(=O)[C@H]3[C@H](C)C[C@H]4[C@@H]5CCC6=CC(=O)C=C[C@]6(C)C5=CC[C@@]43C)CC2)nc(N(CC)CC)n1. The molecule has 3 fully saturated rings. The van der Waals surface area contributed by atoms with Gasteiger partial charge in [-0.15, -0.1) is 0 Å². The molecule has 250 valence electrons. The molecule has 8 heteroatoms. The molecule has 0 radical (unpaired) electrons. The van der Waals surface area contributed by atoms with Crippen LogP contribution in [0.15, 0.2) is 41.5 Å².